The number of anilines is 1. The summed E-state index contributed by atoms with van der Waals surface area (Å²) in [6, 6.07) is 3.28. The normalized spacial score (nSPS) is 14.9. The maximum absolute atomic E-state index is 12.0. The van der Waals surface area contributed by atoms with Crippen LogP contribution in [0.5, 0.6) is 11.5 Å². The number of ether oxygens (including phenoxy) is 2. The van der Waals surface area contributed by atoms with E-state index < -0.39 is 0 Å². The van der Waals surface area contributed by atoms with Crippen LogP contribution in [0.1, 0.15) is 25.7 Å². The predicted octanol–water partition coefficient (Wildman–Crippen LogP) is 3.42. The summed E-state index contributed by atoms with van der Waals surface area (Å²) in [5.41, 5.74) is 0.522. The van der Waals surface area contributed by atoms with Gasteiger partial charge in [0.25, 0.3) is 0 Å². The van der Waals surface area contributed by atoms with Crippen molar-refractivity contribution in [2.75, 3.05) is 19.5 Å². The summed E-state index contributed by atoms with van der Waals surface area (Å²) in [6.45, 7) is 0. The molecule has 1 fully saturated rings. The van der Waals surface area contributed by atoms with Gasteiger partial charge in [0.05, 0.1) is 24.9 Å². The molecular weight excluding hydrogens is 280 g/mol. The summed E-state index contributed by atoms with van der Waals surface area (Å²) in [6.07, 6.45) is 4.41. The van der Waals surface area contributed by atoms with Gasteiger partial charge in [0.1, 0.15) is 11.5 Å². The van der Waals surface area contributed by atoms with Crippen LogP contribution < -0.4 is 20.1 Å². The third-order valence-electron chi connectivity index (χ3n) is 3.41. The molecule has 1 aromatic carbocycles. The molecule has 1 saturated carbocycles. The van der Waals surface area contributed by atoms with E-state index in [2.05, 4.69) is 10.6 Å². The van der Waals surface area contributed by atoms with Crippen LogP contribution in [0.2, 0.25) is 5.02 Å². The highest BCUT2D eigenvalue weighted by molar-refractivity contribution is 6.32. The molecule has 0 aromatic heterocycles. The Morgan fingerprint density at radius 3 is 2.45 bits per heavy atom. The number of benzene rings is 1. The van der Waals surface area contributed by atoms with Crippen molar-refractivity contribution in [3.05, 3.63) is 17.2 Å². The lowest BCUT2D eigenvalue weighted by Gasteiger charge is -2.16. The number of nitrogens with one attached hydrogen (secondary N) is 2. The highest BCUT2D eigenvalue weighted by atomic mass is 35.5. The first-order chi connectivity index (χ1) is 9.63. The molecule has 0 bridgehead atoms. The Labute approximate surface area is 123 Å². The lowest BCUT2D eigenvalue weighted by Crippen LogP contribution is -2.36. The zero-order chi connectivity index (χ0) is 14.5. The van der Waals surface area contributed by atoms with E-state index in [9.17, 15) is 4.79 Å². The second kappa shape index (κ2) is 6.70. The van der Waals surface area contributed by atoms with E-state index in [0.717, 1.165) is 12.8 Å². The molecule has 1 aromatic rings. The average molecular weight is 299 g/mol. The molecule has 0 heterocycles. The number of halogens is 1. The zero-order valence-corrected chi connectivity index (χ0v) is 12.4. The van der Waals surface area contributed by atoms with Gasteiger partial charge >= 0.3 is 6.03 Å². The second-order valence-corrected chi connectivity index (χ2v) is 5.17. The lowest BCUT2D eigenvalue weighted by molar-refractivity contribution is 0.248. The number of urea groups is 1. The molecular formula is C14H19ClN2O3. The minimum Gasteiger partial charge on any atom is -0.495 e. The number of rotatable bonds is 4. The maximum Gasteiger partial charge on any atom is 0.319 e. The number of carbonyl (C=O) groups excluding carboxylic acids is 1. The quantitative estimate of drug-likeness (QED) is 0.895. The molecule has 0 spiro atoms. The number of hydrogen-bond acceptors (Lipinski definition) is 3. The van der Waals surface area contributed by atoms with Crippen molar-refractivity contribution in [3.63, 3.8) is 0 Å². The molecule has 5 nitrogen and oxygen atoms in total. The van der Waals surface area contributed by atoms with Gasteiger partial charge in [-0.15, -0.1) is 0 Å². The van der Waals surface area contributed by atoms with Crippen LogP contribution in [-0.4, -0.2) is 26.3 Å². The Hall–Kier alpha value is -1.62. The maximum atomic E-state index is 12.0. The van der Waals surface area contributed by atoms with Gasteiger partial charge in [-0.05, 0) is 18.9 Å². The van der Waals surface area contributed by atoms with Crippen molar-refractivity contribution in [2.24, 2.45) is 0 Å². The van der Waals surface area contributed by atoms with Gasteiger partial charge in [-0.1, -0.05) is 24.4 Å². The van der Waals surface area contributed by atoms with Gasteiger partial charge < -0.3 is 20.1 Å². The molecule has 0 aliphatic heterocycles. The fourth-order valence-electron chi connectivity index (χ4n) is 2.37. The Balaban J connectivity index is 2.07. The van der Waals surface area contributed by atoms with Crippen LogP contribution in [0.15, 0.2) is 12.1 Å². The fraction of sp³-hybridized carbons (Fsp3) is 0.500. The molecule has 110 valence electrons. The number of carbonyl (C=O) groups is 1. The van der Waals surface area contributed by atoms with E-state index in [1.54, 1.807) is 12.1 Å². The van der Waals surface area contributed by atoms with Crippen molar-refractivity contribution < 1.29 is 14.3 Å². The van der Waals surface area contributed by atoms with Crippen LogP contribution in [-0.2, 0) is 0 Å². The summed E-state index contributed by atoms with van der Waals surface area (Å²) in [5, 5.41) is 6.13. The average Bonchev–Trinajstić information content (AvgIpc) is 2.91. The monoisotopic (exact) mass is 298 g/mol. The summed E-state index contributed by atoms with van der Waals surface area (Å²) < 4.78 is 10.3. The SMILES string of the molecule is COc1cc(OC)c(NC(=O)NC2CCCC2)cc1Cl. The van der Waals surface area contributed by atoms with Gasteiger partial charge in [-0.2, -0.15) is 0 Å². The van der Waals surface area contributed by atoms with Crippen molar-refractivity contribution in [1.82, 2.24) is 5.32 Å². The second-order valence-electron chi connectivity index (χ2n) is 4.77. The van der Waals surface area contributed by atoms with Crippen molar-refractivity contribution >= 4 is 23.3 Å². The molecule has 2 N–H and O–H groups in total. The lowest BCUT2D eigenvalue weighted by atomic mass is 10.2. The van der Waals surface area contributed by atoms with Gasteiger partial charge in [-0.3, -0.25) is 0 Å². The van der Waals surface area contributed by atoms with E-state index in [1.165, 1.54) is 27.1 Å². The Morgan fingerprint density at radius 1 is 1.20 bits per heavy atom. The van der Waals surface area contributed by atoms with E-state index in [0.29, 0.717) is 22.2 Å². The number of hydrogen-bond donors (Lipinski definition) is 2. The molecule has 20 heavy (non-hydrogen) atoms. The minimum atomic E-state index is -0.239. The van der Waals surface area contributed by atoms with Crippen LogP contribution in [0, 0.1) is 0 Å². The van der Waals surface area contributed by atoms with Gasteiger partial charge in [0.15, 0.2) is 0 Å². The summed E-state index contributed by atoms with van der Waals surface area (Å²) in [7, 11) is 3.06. The zero-order valence-electron chi connectivity index (χ0n) is 11.7. The van der Waals surface area contributed by atoms with E-state index >= 15 is 0 Å². The molecule has 0 atom stereocenters. The third-order valence-corrected chi connectivity index (χ3v) is 3.71. The van der Waals surface area contributed by atoms with Crippen LogP contribution in [0.4, 0.5) is 10.5 Å². The van der Waals surface area contributed by atoms with E-state index in [4.69, 9.17) is 21.1 Å². The Bertz CT molecular complexity index is 488. The fourth-order valence-corrected chi connectivity index (χ4v) is 2.61. The van der Waals surface area contributed by atoms with E-state index in [-0.39, 0.29) is 12.1 Å². The molecule has 0 unspecified atom stereocenters. The number of amides is 2. The summed E-state index contributed by atoms with van der Waals surface area (Å²) in [5.74, 6) is 1.01. The number of methoxy groups -OCH3 is 2. The van der Waals surface area contributed by atoms with Gasteiger partial charge in [0, 0.05) is 12.1 Å². The molecule has 6 heteroatoms. The summed E-state index contributed by atoms with van der Waals surface area (Å²) >= 11 is 6.06. The topological polar surface area (TPSA) is 59.6 Å². The van der Waals surface area contributed by atoms with Crippen LogP contribution >= 0.6 is 11.6 Å². The van der Waals surface area contributed by atoms with E-state index in [1.807, 2.05) is 0 Å². The molecule has 1 aliphatic rings. The highest BCUT2D eigenvalue weighted by Crippen LogP contribution is 2.35. The Kier molecular flexibility index (Phi) is 4.95. The highest BCUT2D eigenvalue weighted by Gasteiger charge is 2.18. The molecule has 0 saturated heterocycles. The van der Waals surface area contributed by atoms with Crippen molar-refractivity contribution in [1.29, 1.82) is 0 Å². The van der Waals surface area contributed by atoms with Gasteiger partial charge in [0.2, 0.25) is 0 Å². The summed E-state index contributed by atoms with van der Waals surface area (Å²) in [4.78, 5) is 12.0. The molecule has 0 radical (unpaired) electrons. The molecule has 2 amide bonds. The minimum absolute atomic E-state index is 0.239. The largest absolute Gasteiger partial charge is 0.495 e. The molecule has 2 rings (SSSR count). The van der Waals surface area contributed by atoms with Crippen molar-refractivity contribution in [2.45, 2.75) is 31.7 Å². The van der Waals surface area contributed by atoms with Crippen molar-refractivity contribution in [3.8, 4) is 11.5 Å². The Morgan fingerprint density at radius 2 is 1.85 bits per heavy atom. The van der Waals surface area contributed by atoms with Crippen LogP contribution in [0.3, 0.4) is 0 Å². The molecule has 1 aliphatic carbocycles. The van der Waals surface area contributed by atoms with Gasteiger partial charge in [-0.25, -0.2) is 4.79 Å². The first-order valence-electron chi connectivity index (χ1n) is 6.63. The third kappa shape index (κ3) is 3.48. The first-order valence-corrected chi connectivity index (χ1v) is 7.01. The van der Waals surface area contributed by atoms with Crippen LogP contribution in [0.25, 0.3) is 0 Å². The predicted molar refractivity (Wildman–Crippen MR) is 79.0 cm³/mol. The smallest absolute Gasteiger partial charge is 0.319 e. The first kappa shape index (κ1) is 14.8. The standard InChI is InChI=1S/C14H19ClN2O3/c1-19-12-8-13(20-2)11(7-10(12)15)17-14(18)16-9-5-3-4-6-9/h7-9H,3-6H2,1-2H3,(H2,16,17,18).